The predicted octanol–water partition coefficient (Wildman–Crippen LogP) is 2.77. The molecule has 1 aliphatic rings. The molecule has 0 bridgehead atoms. The van der Waals surface area contributed by atoms with Crippen LogP contribution >= 0.6 is 0 Å². The Labute approximate surface area is 152 Å². The van der Waals surface area contributed by atoms with Gasteiger partial charge in [0.15, 0.2) is 0 Å². The SMILES string of the molecule is Cn1ccnc1C1CNCCN1Cc1ccc(-c2ccncc2)cc1F. The maximum Gasteiger partial charge on any atom is 0.128 e. The molecule has 4 rings (SSSR count). The van der Waals surface area contributed by atoms with Gasteiger partial charge in [-0.1, -0.05) is 12.1 Å². The maximum atomic E-state index is 14.8. The van der Waals surface area contributed by atoms with Gasteiger partial charge in [0.25, 0.3) is 0 Å². The van der Waals surface area contributed by atoms with Gasteiger partial charge in [0, 0.05) is 63.6 Å². The van der Waals surface area contributed by atoms with Crippen LogP contribution in [0.2, 0.25) is 0 Å². The largest absolute Gasteiger partial charge is 0.337 e. The van der Waals surface area contributed by atoms with Crippen LogP contribution in [-0.2, 0) is 13.6 Å². The van der Waals surface area contributed by atoms with Crippen molar-refractivity contribution < 1.29 is 4.39 Å². The highest BCUT2D eigenvalue weighted by Crippen LogP contribution is 2.26. The first-order valence-electron chi connectivity index (χ1n) is 8.83. The number of piperazine rings is 1. The smallest absolute Gasteiger partial charge is 0.128 e. The minimum absolute atomic E-state index is 0.142. The molecule has 26 heavy (non-hydrogen) atoms. The highest BCUT2D eigenvalue weighted by molar-refractivity contribution is 5.63. The molecule has 1 saturated heterocycles. The standard InChI is InChI=1S/C20H22FN5/c1-25-10-9-24-20(25)19-13-23-8-11-26(19)14-17-3-2-16(12-18(17)21)15-4-6-22-7-5-15/h2-7,9-10,12,19,23H,8,11,13-14H2,1H3. The summed E-state index contributed by atoms with van der Waals surface area (Å²) in [7, 11) is 2.00. The van der Waals surface area contributed by atoms with E-state index in [2.05, 4.69) is 20.2 Å². The van der Waals surface area contributed by atoms with Crippen LogP contribution in [0.4, 0.5) is 4.39 Å². The number of hydrogen-bond acceptors (Lipinski definition) is 4. The van der Waals surface area contributed by atoms with Crippen molar-refractivity contribution in [2.75, 3.05) is 19.6 Å². The normalized spacial score (nSPS) is 18.2. The molecule has 2 aromatic heterocycles. The molecule has 1 fully saturated rings. The molecule has 0 spiro atoms. The Morgan fingerprint density at radius 3 is 2.73 bits per heavy atom. The Kier molecular flexibility index (Phi) is 4.77. The Morgan fingerprint density at radius 1 is 1.15 bits per heavy atom. The van der Waals surface area contributed by atoms with E-state index >= 15 is 0 Å². The molecule has 6 heteroatoms. The minimum Gasteiger partial charge on any atom is -0.337 e. The lowest BCUT2D eigenvalue weighted by Crippen LogP contribution is -2.46. The highest BCUT2D eigenvalue weighted by Gasteiger charge is 2.27. The van der Waals surface area contributed by atoms with Crippen molar-refractivity contribution in [3.63, 3.8) is 0 Å². The van der Waals surface area contributed by atoms with Gasteiger partial charge in [0.1, 0.15) is 11.6 Å². The van der Waals surface area contributed by atoms with Gasteiger partial charge in [-0.15, -0.1) is 0 Å². The molecule has 1 atom stereocenters. The molecule has 0 aliphatic carbocycles. The second-order valence-electron chi connectivity index (χ2n) is 6.63. The van der Waals surface area contributed by atoms with Crippen LogP contribution in [0.1, 0.15) is 17.4 Å². The van der Waals surface area contributed by atoms with Crippen LogP contribution in [0.3, 0.4) is 0 Å². The second-order valence-corrected chi connectivity index (χ2v) is 6.63. The third kappa shape index (κ3) is 3.38. The molecular weight excluding hydrogens is 329 g/mol. The number of imidazole rings is 1. The van der Waals surface area contributed by atoms with Crippen LogP contribution < -0.4 is 5.32 Å². The maximum absolute atomic E-state index is 14.8. The van der Waals surface area contributed by atoms with Crippen molar-refractivity contribution in [2.45, 2.75) is 12.6 Å². The summed E-state index contributed by atoms with van der Waals surface area (Å²) in [5.74, 6) is 0.836. The van der Waals surface area contributed by atoms with Crippen LogP contribution in [-0.4, -0.2) is 39.1 Å². The number of pyridine rings is 1. The zero-order valence-electron chi connectivity index (χ0n) is 14.8. The summed E-state index contributed by atoms with van der Waals surface area (Å²) in [6.45, 7) is 3.16. The molecule has 134 valence electrons. The lowest BCUT2D eigenvalue weighted by molar-refractivity contribution is 0.143. The van der Waals surface area contributed by atoms with Crippen LogP contribution in [0.5, 0.6) is 0 Å². The molecule has 3 heterocycles. The lowest BCUT2D eigenvalue weighted by Gasteiger charge is -2.35. The van der Waals surface area contributed by atoms with Crippen LogP contribution in [0, 0.1) is 5.82 Å². The third-order valence-corrected chi connectivity index (χ3v) is 4.95. The van der Waals surface area contributed by atoms with Crippen molar-refractivity contribution >= 4 is 0 Å². The first-order valence-corrected chi connectivity index (χ1v) is 8.83. The summed E-state index contributed by atoms with van der Waals surface area (Å²) >= 11 is 0. The van der Waals surface area contributed by atoms with Gasteiger partial charge >= 0.3 is 0 Å². The quantitative estimate of drug-likeness (QED) is 0.785. The highest BCUT2D eigenvalue weighted by atomic mass is 19.1. The van der Waals surface area contributed by atoms with Gasteiger partial charge in [-0.05, 0) is 29.3 Å². The first-order chi connectivity index (χ1) is 12.7. The van der Waals surface area contributed by atoms with E-state index in [0.29, 0.717) is 12.1 Å². The van der Waals surface area contributed by atoms with Gasteiger partial charge in [-0.25, -0.2) is 9.37 Å². The Morgan fingerprint density at radius 2 is 2.00 bits per heavy atom. The van der Waals surface area contributed by atoms with Crippen molar-refractivity contribution in [1.82, 2.24) is 24.8 Å². The topological polar surface area (TPSA) is 46.0 Å². The molecule has 1 unspecified atom stereocenters. The molecule has 3 aromatic rings. The Balaban J connectivity index is 1.57. The Bertz CT molecular complexity index is 877. The van der Waals surface area contributed by atoms with E-state index in [1.807, 2.05) is 48.3 Å². The average Bonchev–Trinajstić information content (AvgIpc) is 3.10. The first kappa shape index (κ1) is 16.9. The number of rotatable bonds is 4. The zero-order chi connectivity index (χ0) is 17.9. The molecule has 1 N–H and O–H groups in total. The summed E-state index contributed by atoms with van der Waals surface area (Å²) < 4.78 is 16.8. The van der Waals surface area contributed by atoms with E-state index < -0.39 is 0 Å². The van der Waals surface area contributed by atoms with Crippen molar-refractivity contribution in [2.24, 2.45) is 7.05 Å². The fraction of sp³-hybridized carbons (Fsp3) is 0.300. The van der Waals surface area contributed by atoms with E-state index in [-0.39, 0.29) is 11.9 Å². The fourth-order valence-corrected chi connectivity index (χ4v) is 3.51. The summed E-state index contributed by atoms with van der Waals surface area (Å²) in [6, 6.07) is 9.41. The van der Waals surface area contributed by atoms with Gasteiger partial charge in [0.05, 0.1) is 6.04 Å². The van der Waals surface area contributed by atoms with Crippen molar-refractivity contribution in [1.29, 1.82) is 0 Å². The second kappa shape index (κ2) is 7.35. The third-order valence-electron chi connectivity index (χ3n) is 4.95. The molecular formula is C20H22FN5. The average molecular weight is 351 g/mol. The summed E-state index contributed by atoms with van der Waals surface area (Å²) in [5, 5.41) is 3.42. The summed E-state index contributed by atoms with van der Waals surface area (Å²) in [4.78, 5) is 10.8. The molecule has 5 nitrogen and oxygen atoms in total. The number of benzene rings is 1. The number of aromatic nitrogens is 3. The number of nitrogens with zero attached hydrogens (tertiary/aromatic N) is 4. The number of hydrogen-bond donors (Lipinski definition) is 1. The summed E-state index contributed by atoms with van der Waals surface area (Å²) in [5.41, 5.74) is 2.55. The van der Waals surface area contributed by atoms with E-state index in [4.69, 9.17) is 0 Å². The van der Waals surface area contributed by atoms with Gasteiger partial charge in [0.2, 0.25) is 0 Å². The van der Waals surface area contributed by atoms with E-state index in [0.717, 1.165) is 36.6 Å². The minimum atomic E-state index is -0.170. The van der Waals surface area contributed by atoms with E-state index in [9.17, 15) is 4.39 Å². The summed E-state index contributed by atoms with van der Waals surface area (Å²) in [6.07, 6.45) is 7.21. The van der Waals surface area contributed by atoms with Gasteiger partial charge < -0.3 is 9.88 Å². The molecule has 1 aromatic carbocycles. The number of nitrogens with one attached hydrogen (secondary N) is 1. The fourth-order valence-electron chi connectivity index (χ4n) is 3.51. The van der Waals surface area contributed by atoms with Gasteiger partial charge in [-0.2, -0.15) is 0 Å². The van der Waals surface area contributed by atoms with Crippen LogP contribution in [0.25, 0.3) is 11.1 Å². The lowest BCUT2D eigenvalue weighted by atomic mass is 10.0. The number of aryl methyl sites for hydroxylation is 1. The predicted molar refractivity (Wildman–Crippen MR) is 98.9 cm³/mol. The monoisotopic (exact) mass is 351 g/mol. The molecule has 0 saturated carbocycles. The molecule has 0 radical (unpaired) electrons. The van der Waals surface area contributed by atoms with E-state index in [1.165, 1.54) is 0 Å². The van der Waals surface area contributed by atoms with Crippen molar-refractivity contribution in [3.8, 4) is 11.1 Å². The van der Waals surface area contributed by atoms with Crippen LogP contribution in [0.15, 0.2) is 55.1 Å². The number of halogens is 1. The molecule has 0 amide bonds. The zero-order valence-corrected chi connectivity index (χ0v) is 14.8. The van der Waals surface area contributed by atoms with Gasteiger partial charge in [-0.3, -0.25) is 9.88 Å². The Hall–Kier alpha value is -2.57. The van der Waals surface area contributed by atoms with E-state index in [1.54, 1.807) is 18.5 Å². The molecule has 1 aliphatic heterocycles. The van der Waals surface area contributed by atoms with Crippen molar-refractivity contribution in [3.05, 3.63) is 72.3 Å².